The SMILES string of the molecule is O=C(NC1CN=C(Nc2ccc(Oc3ccon3)cc2)N(Cc2ccc(Cl)cc2)C1=O)C1CC(F)(F)C1. The molecule has 12 heteroatoms. The Bertz CT molecular complexity index is 1290. The number of alkyl halides is 2. The van der Waals surface area contributed by atoms with E-state index >= 15 is 0 Å². The molecule has 1 atom stereocenters. The van der Waals surface area contributed by atoms with Crippen LogP contribution in [0.3, 0.4) is 0 Å². The van der Waals surface area contributed by atoms with Crippen molar-refractivity contribution >= 4 is 35.1 Å². The lowest BCUT2D eigenvalue weighted by atomic mass is 9.80. The lowest BCUT2D eigenvalue weighted by Crippen LogP contribution is -2.58. The second-order valence-corrected chi connectivity index (χ2v) is 9.26. The number of anilines is 1. The van der Waals surface area contributed by atoms with Gasteiger partial charge in [0.1, 0.15) is 18.1 Å². The van der Waals surface area contributed by atoms with E-state index in [1.54, 1.807) is 54.6 Å². The van der Waals surface area contributed by atoms with Gasteiger partial charge >= 0.3 is 0 Å². The summed E-state index contributed by atoms with van der Waals surface area (Å²) in [6.45, 7) is 0.129. The van der Waals surface area contributed by atoms with Gasteiger partial charge < -0.3 is 19.9 Å². The van der Waals surface area contributed by atoms with Crippen molar-refractivity contribution in [1.82, 2.24) is 15.4 Å². The molecule has 2 aliphatic rings. The number of rotatable bonds is 7. The summed E-state index contributed by atoms with van der Waals surface area (Å²) in [6.07, 6.45) is 0.372. The Morgan fingerprint density at radius 1 is 1.14 bits per heavy atom. The molecule has 1 fully saturated rings. The van der Waals surface area contributed by atoms with Crippen LogP contribution in [0.5, 0.6) is 11.6 Å². The molecular formula is C25H22ClF2N5O4. The van der Waals surface area contributed by atoms with Crippen LogP contribution in [0.25, 0.3) is 0 Å². The van der Waals surface area contributed by atoms with E-state index in [2.05, 4.69) is 20.8 Å². The summed E-state index contributed by atoms with van der Waals surface area (Å²) in [5.41, 5.74) is 1.42. The fraction of sp³-hybridized carbons (Fsp3) is 0.280. The molecule has 9 nitrogen and oxygen atoms in total. The summed E-state index contributed by atoms with van der Waals surface area (Å²) >= 11 is 5.99. The predicted molar refractivity (Wildman–Crippen MR) is 131 cm³/mol. The van der Waals surface area contributed by atoms with Crippen molar-refractivity contribution in [3.63, 3.8) is 0 Å². The van der Waals surface area contributed by atoms with Crippen molar-refractivity contribution in [2.45, 2.75) is 31.4 Å². The van der Waals surface area contributed by atoms with Gasteiger partial charge in [0.15, 0.2) is 0 Å². The highest BCUT2D eigenvalue weighted by Gasteiger charge is 2.49. The van der Waals surface area contributed by atoms with E-state index in [0.717, 1.165) is 5.56 Å². The highest BCUT2D eigenvalue weighted by Crippen LogP contribution is 2.42. The second-order valence-electron chi connectivity index (χ2n) is 8.83. The van der Waals surface area contributed by atoms with E-state index in [1.807, 2.05) is 0 Å². The van der Waals surface area contributed by atoms with Crippen molar-refractivity contribution in [3.8, 4) is 11.6 Å². The molecule has 5 rings (SSSR count). The van der Waals surface area contributed by atoms with Crippen LogP contribution in [-0.4, -0.2) is 46.3 Å². The van der Waals surface area contributed by atoms with Crippen molar-refractivity contribution in [2.75, 3.05) is 11.9 Å². The molecule has 0 spiro atoms. The zero-order valence-corrected chi connectivity index (χ0v) is 20.1. The van der Waals surface area contributed by atoms with Crippen LogP contribution in [0.1, 0.15) is 18.4 Å². The molecule has 2 heterocycles. The van der Waals surface area contributed by atoms with Crippen LogP contribution in [0.2, 0.25) is 5.02 Å². The zero-order chi connectivity index (χ0) is 26.0. The normalized spacial score (nSPS) is 19.1. The number of aliphatic imine (C=N–C) groups is 1. The number of halogens is 3. The summed E-state index contributed by atoms with van der Waals surface area (Å²) < 4.78 is 36.7. The number of benzene rings is 2. The maximum absolute atomic E-state index is 13.4. The summed E-state index contributed by atoms with van der Waals surface area (Å²) in [5, 5.41) is 9.98. The minimum Gasteiger partial charge on any atom is -0.436 e. The average Bonchev–Trinajstić information content (AvgIpc) is 3.37. The molecule has 2 N–H and O–H groups in total. The monoisotopic (exact) mass is 529 g/mol. The van der Waals surface area contributed by atoms with Crippen molar-refractivity contribution in [3.05, 3.63) is 71.4 Å². The Kier molecular flexibility index (Phi) is 6.79. The van der Waals surface area contributed by atoms with E-state index < -0.39 is 42.5 Å². The molecule has 3 aromatic rings. The highest BCUT2D eigenvalue weighted by molar-refractivity contribution is 6.30. The van der Waals surface area contributed by atoms with Gasteiger partial charge in [0.25, 0.3) is 11.8 Å². The number of nitrogens with one attached hydrogen (secondary N) is 2. The number of amides is 2. The van der Waals surface area contributed by atoms with Gasteiger partial charge in [-0.05, 0) is 47.1 Å². The number of hydrogen-bond acceptors (Lipinski definition) is 7. The lowest BCUT2D eigenvalue weighted by molar-refractivity contribution is -0.152. The van der Waals surface area contributed by atoms with Gasteiger partial charge in [-0.3, -0.25) is 14.5 Å². The van der Waals surface area contributed by atoms with Gasteiger partial charge in [0.2, 0.25) is 17.8 Å². The number of carbonyl (C=O) groups excluding carboxylic acids is 2. The summed E-state index contributed by atoms with van der Waals surface area (Å²) in [5.74, 6) is -3.48. The van der Waals surface area contributed by atoms with Crippen LogP contribution in [0.4, 0.5) is 14.5 Å². The summed E-state index contributed by atoms with van der Waals surface area (Å²) in [6, 6.07) is 14.5. The largest absolute Gasteiger partial charge is 0.436 e. The zero-order valence-electron chi connectivity index (χ0n) is 19.4. The van der Waals surface area contributed by atoms with E-state index in [9.17, 15) is 18.4 Å². The summed E-state index contributed by atoms with van der Waals surface area (Å²) in [7, 11) is 0. The molecular weight excluding hydrogens is 508 g/mol. The van der Waals surface area contributed by atoms with Gasteiger partial charge in [-0.1, -0.05) is 23.7 Å². The van der Waals surface area contributed by atoms with Gasteiger partial charge in [-0.25, -0.2) is 13.8 Å². The first-order valence-electron chi connectivity index (χ1n) is 11.5. The topological polar surface area (TPSA) is 109 Å². The van der Waals surface area contributed by atoms with Crippen LogP contribution in [-0.2, 0) is 16.1 Å². The van der Waals surface area contributed by atoms with E-state index in [-0.39, 0.29) is 19.0 Å². The molecule has 0 radical (unpaired) electrons. The van der Waals surface area contributed by atoms with Crippen LogP contribution < -0.4 is 15.4 Å². The number of hydrogen-bond donors (Lipinski definition) is 2. The minimum atomic E-state index is -2.83. The molecule has 1 aromatic heterocycles. The number of carbonyl (C=O) groups is 2. The second kappa shape index (κ2) is 10.2. The quantitative estimate of drug-likeness (QED) is 0.468. The van der Waals surface area contributed by atoms with Gasteiger partial charge in [0.05, 0.1) is 13.1 Å². The van der Waals surface area contributed by atoms with Crippen LogP contribution in [0.15, 0.2) is 70.4 Å². The number of aromatic nitrogens is 1. The van der Waals surface area contributed by atoms with Crippen LogP contribution in [0, 0.1) is 5.92 Å². The van der Waals surface area contributed by atoms with Gasteiger partial charge in [-0.15, -0.1) is 0 Å². The molecule has 2 amide bonds. The first-order valence-corrected chi connectivity index (χ1v) is 11.9. The van der Waals surface area contributed by atoms with Crippen molar-refractivity contribution < 1.29 is 27.6 Å². The molecule has 1 unspecified atom stereocenters. The predicted octanol–water partition coefficient (Wildman–Crippen LogP) is 4.46. The Morgan fingerprint density at radius 2 is 1.86 bits per heavy atom. The maximum atomic E-state index is 13.4. The molecule has 1 saturated carbocycles. The number of nitrogens with zero attached hydrogens (tertiary/aromatic N) is 3. The lowest BCUT2D eigenvalue weighted by Gasteiger charge is -2.36. The third-order valence-electron chi connectivity index (χ3n) is 6.02. The van der Waals surface area contributed by atoms with E-state index in [0.29, 0.717) is 22.3 Å². The maximum Gasteiger partial charge on any atom is 0.259 e. The highest BCUT2D eigenvalue weighted by atomic mass is 35.5. The fourth-order valence-electron chi connectivity index (χ4n) is 4.02. The van der Waals surface area contributed by atoms with Crippen LogP contribution >= 0.6 is 11.6 Å². The minimum absolute atomic E-state index is 0.0273. The molecule has 37 heavy (non-hydrogen) atoms. The fourth-order valence-corrected chi connectivity index (χ4v) is 4.15. The third-order valence-corrected chi connectivity index (χ3v) is 6.27. The Balaban J connectivity index is 1.31. The standard InChI is InChI=1S/C25H22ClF2N5O4/c26-17-3-1-15(2-4-17)14-33-23(35)20(31-22(34)16-11-25(27,28)12-16)13-29-24(33)30-18-5-7-19(8-6-18)37-21-9-10-36-32-21/h1-10,16,20H,11-14H2,(H,29,30)(H,31,34). The summed E-state index contributed by atoms with van der Waals surface area (Å²) in [4.78, 5) is 31.7. The third kappa shape index (κ3) is 5.88. The number of guanidine groups is 1. The first-order chi connectivity index (χ1) is 17.8. The van der Waals surface area contributed by atoms with Crippen molar-refractivity contribution in [2.24, 2.45) is 10.9 Å². The molecule has 0 saturated heterocycles. The van der Waals surface area contributed by atoms with E-state index in [1.165, 1.54) is 11.2 Å². The average molecular weight is 530 g/mol. The first kappa shape index (κ1) is 24.7. The van der Waals surface area contributed by atoms with Crippen molar-refractivity contribution in [1.29, 1.82) is 0 Å². The Labute approximate surface area is 215 Å². The van der Waals surface area contributed by atoms with Gasteiger partial charge in [-0.2, -0.15) is 0 Å². The molecule has 0 bridgehead atoms. The molecule has 1 aliphatic heterocycles. The molecule has 192 valence electrons. The molecule has 1 aliphatic carbocycles. The Morgan fingerprint density at radius 3 is 2.51 bits per heavy atom. The Hall–Kier alpha value is -3.99. The van der Waals surface area contributed by atoms with Gasteiger partial charge in [0, 0.05) is 35.5 Å². The van der Waals surface area contributed by atoms with E-state index in [4.69, 9.17) is 20.9 Å². The molecule has 2 aromatic carbocycles. The number of ether oxygens (including phenoxy) is 1. The smallest absolute Gasteiger partial charge is 0.259 e.